The maximum atomic E-state index is 5.87. The zero-order valence-electron chi connectivity index (χ0n) is 11.5. The third-order valence-corrected chi connectivity index (χ3v) is 2.57. The Morgan fingerprint density at radius 1 is 1.15 bits per heavy atom. The highest BCUT2D eigenvalue weighted by molar-refractivity contribution is 6.28. The maximum Gasteiger partial charge on any atom is 0.322 e. The summed E-state index contributed by atoms with van der Waals surface area (Å²) in [6, 6.07) is 5.86. The second-order valence-electron chi connectivity index (χ2n) is 4.50. The van der Waals surface area contributed by atoms with Crippen LogP contribution in [0.1, 0.15) is 32.5 Å². The van der Waals surface area contributed by atoms with E-state index in [-0.39, 0.29) is 23.4 Å². The molecule has 2 heterocycles. The average molecular weight is 294 g/mol. The molecule has 106 valence electrons. The van der Waals surface area contributed by atoms with Crippen molar-refractivity contribution in [2.24, 2.45) is 0 Å². The quantitative estimate of drug-likeness (QED) is 0.914. The molecule has 0 aromatic carbocycles. The molecule has 0 amide bonds. The van der Waals surface area contributed by atoms with Crippen molar-refractivity contribution in [2.45, 2.75) is 32.9 Å². The van der Waals surface area contributed by atoms with Crippen LogP contribution in [0.25, 0.3) is 0 Å². The highest BCUT2D eigenvalue weighted by Gasteiger charge is 2.11. The Morgan fingerprint density at radius 2 is 1.95 bits per heavy atom. The van der Waals surface area contributed by atoms with E-state index in [0.717, 1.165) is 5.69 Å². The summed E-state index contributed by atoms with van der Waals surface area (Å²) in [6.07, 6.45) is 1.70. The van der Waals surface area contributed by atoms with Gasteiger partial charge in [0.15, 0.2) is 0 Å². The van der Waals surface area contributed by atoms with Gasteiger partial charge in [0.25, 0.3) is 0 Å². The predicted molar refractivity (Wildman–Crippen MR) is 76.9 cm³/mol. The Bertz CT molecular complexity index is 564. The van der Waals surface area contributed by atoms with Gasteiger partial charge < -0.3 is 10.1 Å². The first-order valence-electron chi connectivity index (χ1n) is 6.30. The molecule has 1 atom stereocenters. The summed E-state index contributed by atoms with van der Waals surface area (Å²) in [5.41, 5.74) is 0.885. The topological polar surface area (TPSA) is 72.8 Å². The van der Waals surface area contributed by atoms with Crippen LogP contribution in [0, 0.1) is 0 Å². The van der Waals surface area contributed by atoms with Gasteiger partial charge in [0, 0.05) is 6.20 Å². The van der Waals surface area contributed by atoms with Crippen molar-refractivity contribution in [3.63, 3.8) is 0 Å². The van der Waals surface area contributed by atoms with Gasteiger partial charge in [-0.05, 0) is 44.5 Å². The monoisotopic (exact) mass is 293 g/mol. The maximum absolute atomic E-state index is 5.87. The molecule has 0 aliphatic heterocycles. The Hall–Kier alpha value is -1.95. The molecule has 0 bridgehead atoms. The summed E-state index contributed by atoms with van der Waals surface area (Å²) in [5.74, 6) is 0.360. The molecule has 0 fully saturated rings. The van der Waals surface area contributed by atoms with Crippen LogP contribution >= 0.6 is 11.6 Å². The van der Waals surface area contributed by atoms with Crippen LogP contribution in [0.5, 0.6) is 6.01 Å². The highest BCUT2D eigenvalue weighted by Crippen LogP contribution is 2.17. The standard InChI is InChI=1S/C13H16ClN5O/c1-8(2)20-13-18-11(14)17-12(19-13)16-9(3)10-6-4-5-7-15-10/h4-9H,1-3H3,(H,16,17,18,19). The first kappa shape index (κ1) is 14.5. The van der Waals surface area contributed by atoms with E-state index in [2.05, 4.69) is 25.3 Å². The number of ether oxygens (including phenoxy) is 1. The summed E-state index contributed by atoms with van der Waals surface area (Å²) in [6.45, 7) is 5.74. The summed E-state index contributed by atoms with van der Waals surface area (Å²) in [7, 11) is 0. The molecular formula is C13H16ClN5O. The van der Waals surface area contributed by atoms with Crippen LogP contribution in [-0.2, 0) is 0 Å². The van der Waals surface area contributed by atoms with Crippen LogP contribution in [0.4, 0.5) is 5.95 Å². The number of hydrogen-bond donors (Lipinski definition) is 1. The summed E-state index contributed by atoms with van der Waals surface area (Å²) < 4.78 is 5.42. The fourth-order valence-electron chi connectivity index (χ4n) is 1.56. The smallest absolute Gasteiger partial charge is 0.322 e. The minimum absolute atomic E-state index is 0.0328. The molecule has 1 N–H and O–H groups in total. The molecule has 0 radical (unpaired) electrons. The van der Waals surface area contributed by atoms with Gasteiger partial charge in [-0.25, -0.2) is 0 Å². The minimum Gasteiger partial charge on any atom is -0.461 e. The molecule has 0 saturated carbocycles. The second-order valence-corrected chi connectivity index (χ2v) is 4.84. The summed E-state index contributed by atoms with van der Waals surface area (Å²) >= 11 is 5.87. The fraction of sp³-hybridized carbons (Fsp3) is 0.385. The summed E-state index contributed by atoms with van der Waals surface area (Å²) in [5, 5.41) is 3.21. The van der Waals surface area contributed by atoms with E-state index in [9.17, 15) is 0 Å². The van der Waals surface area contributed by atoms with Gasteiger partial charge >= 0.3 is 6.01 Å². The lowest BCUT2D eigenvalue weighted by Crippen LogP contribution is -2.14. The van der Waals surface area contributed by atoms with Crippen molar-refractivity contribution in [2.75, 3.05) is 5.32 Å². The molecule has 20 heavy (non-hydrogen) atoms. The average Bonchev–Trinajstić information content (AvgIpc) is 2.38. The lowest BCUT2D eigenvalue weighted by molar-refractivity contribution is 0.222. The number of pyridine rings is 1. The Balaban J connectivity index is 2.14. The van der Waals surface area contributed by atoms with Gasteiger partial charge in [0.1, 0.15) is 0 Å². The first-order chi connectivity index (χ1) is 9.54. The van der Waals surface area contributed by atoms with Crippen molar-refractivity contribution >= 4 is 17.5 Å². The number of hydrogen-bond acceptors (Lipinski definition) is 6. The van der Waals surface area contributed by atoms with E-state index in [1.54, 1.807) is 6.20 Å². The van der Waals surface area contributed by atoms with Crippen LogP contribution in [0.2, 0.25) is 5.28 Å². The van der Waals surface area contributed by atoms with Gasteiger partial charge in [0.2, 0.25) is 11.2 Å². The molecule has 2 aromatic rings. The van der Waals surface area contributed by atoms with Crippen LogP contribution in [0.15, 0.2) is 24.4 Å². The molecule has 6 nitrogen and oxygen atoms in total. The largest absolute Gasteiger partial charge is 0.461 e. The molecule has 2 rings (SSSR count). The first-order valence-corrected chi connectivity index (χ1v) is 6.68. The van der Waals surface area contributed by atoms with E-state index < -0.39 is 0 Å². The Kier molecular flexibility index (Phi) is 4.68. The van der Waals surface area contributed by atoms with E-state index >= 15 is 0 Å². The van der Waals surface area contributed by atoms with Crippen molar-refractivity contribution in [3.8, 4) is 6.01 Å². The third-order valence-electron chi connectivity index (χ3n) is 2.41. The highest BCUT2D eigenvalue weighted by atomic mass is 35.5. The lowest BCUT2D eigenvalue weighted by atomic mass is 10.2. The lowest BCUT2D eigenvalue weighted by Gasteiger charge is -2.14. The molecule has 0 spiro atoms. The van der Waals surface area contributed by atoms with Crippen molar-refractivity contribution in [1.82, 2.24) is 19.9 Å². The molecule has 0 aliphatic carbocycles. The van der Waals surface area contributed by atoms with Gasteiger partial charge in [-0.3, -0.25) is 4.98 Å². The third kappa shape index (κ3) is 4.03. The Morgan fingerprint density at radius 3 is 2.60 bits per heavy atom. The van der Waals surface area contributed by atoms with E-state index in [1.165, 1.54) is 0 Å². The molecule has 2 aromatic heterocycles. The van der Waals surface area contributed by atoms with E-state index in [4.69, 9.17) is 16.3 Å². The van der Waals surface area contributed by atoms with Gasteiger partial charge in [-0.1, -0.05) is 6.07 Å². The Labute approximate surface area is 122 Å². The number of aromatic nitrogens is 4. The molecule has 1 unspecified atom stereocenters. The van der Waals surface area contributed by atoms with Crippen molar-refractivity contribution < 1.29 is 4.74 Å². The van der Waals surface area contributed by atoms with Crippen LogP contribution in [-0.4, -0.2) is 26.0 Å². The zero-order valence-corrected chi connectivity index (χ0v) is 12.3. The van der Waals surface area contributed by atoms with Gasteiger partial charge in [-0.15, -0.1) is 0 Å². The summed E-state index contributed by atoms with van der Waals surface area (Å²) in [4.78, 5) is 16.4. The van der Waals surface area contributed by atoms with Gasteiger partial charge in [-0.2, -0.15) is 15.0 Å². The molecular weight excluding hydrogens is 278 g/mol. The number of halogens is 1. The molecule has 0 aliphatic rings. The normalized spacial score (nSPS) is 12.2. The minimum atomic E-state index is -0.0541. The van der Waals surface area contributed by atoms with E-state index in [1.807, 2.05) is 39.0 Å². The zero-order chi connectivity index (χ0) is 14.5. The number of nitrogens with one attached hydrogen (secondary N) is 1. The second kappa shape index (κ2) is 6.47. The fourth-order valence-corrected chi connectivity index (χ4v) is 1.71. The number of nitrogens with zero attached hydrogens (tertiary/aromatic N) is 4. The molecule has 7 heteroatoms. The number of rotatable bonds is 5. The molecule has 0 saturated heterocycles. The van der Waals surface area contributed by atoms with Crippen LogP contribution in [0.3, 0.4) is 0 Å². The number of anilines is 1. The predicted octanol–water partition coefficient (Wildman–Crippen LogP) is 2.88. The van der Waals surface area contributed by atoms with E-state index in [0.29, 0.717) is 5.95 Å². The van der Waals surface area contributed by atoms with Gasteiger partial charge in [0.05, 0.1) is 17.8 Å². The SMILES string of the molecule is CC(C)Oc1nc(Cl)nc(NC(C)c2ccccn2)n1. The van der Waals surface area contributed by atoms with Crippen LogP contribution < -0.4 is 10.1 Å². The van der Waals surface area contributed by atoms with Crippen molar-refractivity contribution in [3.05, 3.63) is 35.4 Å². The van der Waals surface area contributed by atoms with Crippen molar-refractivity contribution in [1.29, 1.82) is 0 Å².